The molecule has 1 amide bonds. The SMILES string of the molecule is C[C@@H]1C(=O)N(CCc2ccccc2)Cc2nnc(CO)n21. The summed E-state index contributed by atoms with van der Waals surface area (Å²) in [6.07, 6.45) is 0.820. The fraction of sp³-hybridized carbons (Fsp3) is 0.400. The van der Waals surface area contributed by atoms with E-state index in [1.807, 2.05) is 30.0 Å². The van der Waals surface area contributed by atoms with Crippen molar-refractivity contribution in [2.45, 2.75) is 32.5 Å². The molecule has 0 bridgehead atoms. The van der Waals surface area contributed by atoms with Gasteiger partial charge in [0.15, 0.2) is 11.6 Å². The van der Waals surface area contributed by atoms with Gasteiger partial charge < -0.3 is 10.0 Å². The number of hydrogen-bond donors (Lipinski definition) is 1. The molecule has 1 aromatic heterocycles. The second kappa shape index (κ2) is 5.65. The first kappa shape index (κ1) is 13.8. The number of amides is 1. The van der Waals surface area contributed by atoms with Crippen LogP contribution >= 0.6 is 0 Å². The molecule has 0 fully saturated rings. The Bertz CT molecular complexity index is 638. The molecule has 1 atom stereocenters. The van der Waals surface area contributed by atoms with Gasteiger partial charge in [0.25, 0.3) is 0 Å². The number of carbonyl (C=O) groups is 1. The van der Waals surface area contributed by atoms with E-state index < -0.39 is 0 Å². The van der Waals surface area contributed by atoms with Crippen LogP contribution in [0.5, 0.6) is 0 Å². The van der Waals surface area contributed by atoms with Crippen LogP contribution in [0.4, 0.5) is 0 Å². The van der Waals surface area contributed by atoms with E-state index in [0.717, 1.165) is 12.2 Å². The molecule has 110 valence electrons. The summed E-state index contributed by atoms with van der Waals surface area (Å²) >= 11 is 0. The van der Waals surface area contributed by atoms with Crippen molar-refractivity contribution in [1.82, 2.24) is 19.7 Å². The van der Waals surface area contributed by atoms with Crippen LogP contribution in [0, 0.1) is 0 Å². The average molecular weight is 286 g/mol. The molecule has 0 radical (unpaired) electrons. The topological polar surface area (TPSA) is 71.2 Å². The maximum absolute atomic E-state index is 12.4. The molecule has 0 saturated carbocycles. The third-order valence-electron chi connectivity index (χ3n) is 3.88. The first-order valence-corrected chi connectivity index (χ1v) is 7.07. The maximum Gasteiger partial charge on any atom is 0.245 e. The molecule has 1 aliphatic rings. The zero-order valence-electron chi connectivity index (χ0n) is 11.9. The Balaban J connectivity index is 1.75. The number of rotatable bonds is 4. The molecular formula is C15H18N4O2. The van der Waals surface area contributed by atoms with Crippen LogP contribution < -0.4 is 0 Å². The third-order valence-corrected chi connectivity index (χ3v) is 3.88. The van der Waals surface area contributed by atoms with Crippen molar-refractivity contribution in [2.75, 3.05) is 6.54 Å². The van der Waals surface area contributed by atoms with Gasteiger partial charge in [0, 0.05) is 6.54 Å². The molecule has 0 saturated heterocycles. The summed E-state index contributed by atoms with van der Waals surface area (Å²) in [4.78, 5) is 14.3. The molecular weight excluding hydrogens is 268 g/mol. The molecule has 6 nitrogen and oxygen atoms in total. The third kappa shape index (κ3) is 2.54. The quantitative estimate of drug-likeness (QED) is 0.907. The van der Waals surface area contributed by atoms with Crippen molar-refractivity contribution in [3.8, 4) is 0 Å². The molecule has 1 aromatic carbocycles. The fourth-order valence-electron chi connectivity index (χ4n) is 2.74. The Labute approximate surface area is 123 Å². The number of aliphatic hydroxyl groups excluding tert-OH is 1. The molecule has 3 rings (SSSR count). The van der Waals surface area contributed by atoms with Crippen molar-refractivity contribution in [1.29, 1.82) is 0 Å². The van der Waals surface area contributed by atoms with Gasteiger partial charge in [-0.15, -0.1) is 10.2 Å². The van der Waals surface area contributed by atoms with Crippen LogP contribution in [-0.2, 0) is 24.4 Å². The first-order valence-electron chi connectivity index (χ1n) is 7.07. The van der Waals surface area contributed by atoms with Gasteiger partial charge in [-0.05, 0) is 18.9 Å². The minimum atomic E-state index is -0.360. The predicted octanol–water partition coefficient (Wildman–Crippen LogP) is 0.916. The van der Waals surface area contributed by atoms with Gasteiger partial charge in [-0.1, -0.05) is 30.3 Å². The molecule has 0 spiro atoms. The van der Waals surface area contributed by atoms with Gasteiger partial charge in [0.05, 0.1) is 6.54 Å². The highest BCUT2D eigenvalue weighted by Crippen LogP contribution is 2.23. The van der Waals surface area contributed by atoms with E-state index in [-0.39, 0.29) is 18.6 Å². The Morgan fingerprint density at radius 3 is 2.76 bits per heavy atom. The zero-order chi connectivity index (χ0) is 14.8. The monoisotopic (exact) mass is 286 g/mol. The molecule has 1 N–H and O–H groups in total. The van der Waals surface area contributed by atoms with Crippen LogP contribution in [0.1, 0.15) is 30.2 Å². The second-order valence-electron chi connectivity index (χ2n) is 5.23. The van der Waals surface area contributed by atoms with E-state index in [4.69, 9.17) is 0 Å². The summed E-state index contributed by atoms with van der Waals surface area (Å²) < 4.78 is 1.74. The summed E-state index contributed by atoms with van der Waals surface area (Å²) in [6.45, 7) is 2.73. The lowest BCUT2D eigenvalue weighted by molar-refractivity contribution is -0.137. The number of benzene rings is 1. The number of carbonyl (C=O) groups excluding carboxylic acids is 1. The number of fused-ring (bicyclic) bond motifs is 1. The first-order chi connectivity index (χ1) is 10.2. The number of hydrogen-bond acceptors (Lipinski definition) is 4. The van der Waals surface area contributed by atoms with Crippen molar-refractivity contribution < 1.29 is 9.90 Å². The van der Waals surface area contributed by atoms with Gasteiger partial charge in [0.1, 0.15) is 12.6 Å². The molecule has 6 heteroatoms. The summed E-state index contributed by atoms with van der Waals surface area (Å²) in [6, 6.07) is 9.74. The van der Waals surface area contributed by atoms with Crippen molar-refractivity contribution >= 4 is 5.91 Å². The Morgan fingerprint density at radius 1 is 1.29 bits per heavy atom. The Hall–Kier alpha value is -2.21. The minimum absolute atomic E-state index is 0.0490. The number of aliphatic hydroxyl groups is 1. The highest BCUT2D eigenvalue weighted by Gasteiger charge is 2.32. The minimum Gasteiger partial charge on any atom is -0.388 e. The summed E-state index contributed by atoms with van der Waals surface area (Å²) in [5.41, 5.74) is 1.21. The van der Waals surface area contributed by atoms with Crippen LogP contribution in [-0.4, -0.2) is 37.2 Å². The lowest BCUT2D eigenvalue weighted by Crippen LogP contribution is -2.43. The highest BCUT2D eigenvalue weighted by atomic mass is 16.3. The van der Waals surface area contributed by atoms with Crippen molar-refractivity contribution in [3.05, 3.63) is 47.5 Å². The number of nitrogens with zero attached hydrogens (tertiary/aromatic N) is 4. The van der Waals surface area contributed by atoms with E-state index in [1.165, 1.54) is 5.56 Å². The van der Waals surface area contributed by atoms with E-state index in [1.54, 1.807) is 4.57 Å². The van der Waals surface area contributed by atoms with Crippen LogP contribution in [0.3, 0.4) is 0 Å². The van der Waals surface area contributed by atoms with Crippen LogP contribution in [0.25, 0.3) is 0 Å². The molecule has 21 heavy (non-hydrogen) atoms. The van der Waals surface area contributed by atoms with E-state index in [2.05, 4.69) is 22.3 Å². The Kier molecular flexibility index (Phi) is 3.70. The molecule has 0 aliphatic carbocycles. The summed E-state index contributed by atoms with van der Waals surface area (Å²) in [5, 5.41) is 17.3. The van der Waals surface area contributed by atoms with Crippen LogP contribution in [0.15, 0.2) is 30.3 Å². The van der Waals surface area contributed by atoms with E-state index in [9.17, 15) is 9.90 Å². The van der Waals surface area contributed by atoms with E-state index >= 15 is 0 Å². The molecule has 2 aromatic rings. The predicted molar refractivity (Wildman–Crippen MR) is 76.2 cm³/mol. The maximum atomic E-state index is 12.4. The molecule has 2 heterocycles. The van der Waals surface area contributed by atoms with Gasteiger partial charge >= 0.3 is 0 Å². The lowest BCUT2D eigenvalue weighted by atomic mass is 10.1. The van der Waals surface area contributed by atoms with Gasteiger partial charge in [-0.3, -0.25) is 9.36 Å². The smallest absolute Gasteiger partial charge is 0.245 e. The largest absolute Gasteiger partial charge is 0.388 e. The zero-order valence-corrected chi connectivity index (χ0v) is 11.9. The second-order valence-corrected chi connectivity index (χ2v) is 5.23. The van der Waals surface area contributed by atoms with Crippen LogP contribution in [0.2, 0.25) is 0 Å². The molecule has 0 unspecified atom stereocenters. The summed E-state index contributed by atoms with van der Waals surface area (Å²) in [7, 11) is 0. The standard InChI is InChI=1S/C15H18N4O2/c1-11-15(21)18(8-7-12-5-3-2-4-6-12)9-13-16-17-14(10-20)19(11)13/h2-6,11,20H,7-10H2,1H3/t11-/m1/s1. The Morgan fingerprint density at radius 2 is 2.05 bits per heavy atom. The van der Waals surface area contributed by atoms with Crippen molar-refractivity contribution in [2.24, 2.45) is 0 Å². The number of aromatic nitrogens is 3. The lowest BCUT2D eigenvalue weighted by Gasteiger charge is -2.32. The van der Waals surface area contributed by atoms with Gasteiger partial charge in [0.2, 0.25) is 5.91 Å². The normalized spacial score (nSPS) is 17.9. The van der Waals surface area contributed by atoms with Gasteiger partial charge in [-0.25, -0.2) is 0 Å². The van der Waals surface area contributed by atoms with Crippen molar-refractivity contribution in [3.63, 3.8) is 0 Å². The van der Waals surface area contributed by atoms with E-state index in [0.29, 0.717) is 18.9 Å². The average Bonchev–Trinajstić information content (AvgIpc) is 2.93. The van der Waals surface area contributed by atoms with Gasteiger partial charge in [-0.2, -0.15) is 0 Å². The summed E-state index contributed by atoms with van der Waals surface area (Å²) in [5.74, 6) is 1.24. The highest BCUT2D eigenvalue weighted by molar-refractivity contribution is 5.81. The fourth-order valence-corrected chi connectivity index (χ4v) is 2.74. The molecule has 1 aliphatic heterocycles.